The number of urea groups is 1. The fraction of sp³-hybridized carbons (Fsp3) is 0.714. The molecule has 1 rings (SSSR count). The Kier molecular flexibility index (Phi) is 5.56. The van der Waals surface area contributed by atoms with Crippen LogP contribution in [0.2, 0.25) is 0 Å². The Bertz CT molecular complexity index is 452. The Hall–Kier alpha value is -1.56. The quantitative estimate of drug-likeness (QED) is 0.736. The van der Waals surface area contributed by atoms with Crippen LogP contribution < -0.4 is 10.6 Å². The first-order valence-electron chi connectivity index (χ1n) is 6.88. The molecule has 0 saturated heterocycles. The molecule has 1 aromatic heterocycles. The van der Waals surface area contributed by atoms with Gasteiger partial charge < -0.3 is 15.7 Å². The second-order valence-electron chi connectivity index (χ2n) is 6.13. The zero-order chi connectivity index (χ0) is 15.3. The second kappa shape index (κ2) is 6.74. The summed E-state index contributed by atoms with van der Waals surface area (Å²) in [6.45, 7) is 8.75. The van der Waals surface area contributed by atoms with E-state index >= 15 is 0 Å². The normalized spacial score (nSPS) is 13.1. The summed E-state index contributed by atoms with van der Waals surface area (Å²) in [6.07, 6.45) is 2.04. The first-order chi connectivity index (χ1) is 9.21. The van der Waals surface area contributed by atoms with Gasteiger partial charge in [0.15, 0.2) is 0 Å². The molecule has 0 aliphatic heterocycles. The lowest BCUT2D eigenvalue weighted by molar-refractivity contribution is 0.129. The third-order valence-corrected chi connectivity index (χ3v) is 3.35. The van der Waals surface area contributed by atoms with E-state index in [0.717, 1.165) is 11.3 Å². The second-order valence-corrected chi connectivity index (χ2v) is 6.13. The minimum absolute atomic E-state index is 0.129. The van der Waals surface area contributed by atoms with Gasteiger partial charge in [-0.1, -0.05) is 13.8 Å². The monoisotopic (exact) mass is 282 g/mol. The van der Waals surface area contributed by atoms with Crippen molar-refractivity contribution in [3.05, 3.63) is 17.5 Å². The first-order valence-corrected chi connectivity index (χ1v) is 6.88. The summed E-state index contributed by atoms with van der Waals surface area (Å²) in [7, 11) is 1.87. The van der Waals surface area contributed by atoms with Crippen LogP contribution in [0.5, 0.6) is 0 Å². The molecule has 0 aliphatic carbocycles. The fourth-order valence-electron chi connectivity index (χ4n) is 2.15. The molecule has 0 fully saturated rings. The number of aryl methyl sites for hydroxylation is 1. The van der Waals surface area contributed by atoms with E-state index in [2.05, 4.69) is 15.7 Å². The van der Waals surface area contributed by atoms with Gasteiger partial charge in [0.1, 0.15) is 0 Å². The van der Waals surface area contributed by atoms with E-state index < -0.39 is 0 Å². The van der Waals surface area contributed by atoms with Crippen molar-refractivity contribution >= 4 is 6.03 Å². The van der Waals surface area contributed by atoms with E-state index in [-0.39, 0.29) is 17.6 Å². The third-order valence-electron chi connectivity index (χ3n) is 3.35. The van der Waals surface area contributed by atoms with Crippen LogP contribution in [0.4, 0.5) is 4.79 Å². The summed E-state index contributed by atoms with van der Waals surface area (Å²) >= 11 is 0. The number of carbonyl (C=O) groups excluding carboxylic acids is 1. The summed E-state index contributed by atoms with van der Waals surface area (Å²) in [6, 6.07) is -0.202. The Balaban J connectivity index is 2.36. The number of amides is 2. The van der Waals surface area contributed by atoms with Gasteiger partial charge >= 0.3 is 6.03 Å². The van der Waals surface area contributed by atoms with Crippen molar-refractivity contribution in [2.24, 2.45) is 12.5 Å². The summed E-state index contributed by atoms with van der Waals surface area (Å²) in [5.74, 6) is 0. The molecule has 0 aliphatic rings. The van der Waals surface area contributed by atoms with Crippen LogP contribution in [0.15, 0.2) is 6.20 Å². The van der Waals surface area contributed by atoms with Crippen molar-refractivity contribution in [2.75, 3.05) is 6.54 Å². The maximum atomic E-state index is 11.8. The number of hydrogen-bond donors (Lipinski definition) is 3. The predicted molar refractivity (Wildman–Crippen MR) is 78.3 cm³/mol. The molecule has 6 heteroatoms. The highest BCUT2D eigenvalue weighted by atomic mass is 16.3. The van der Waals surface area contributed by atoms with Gasteiger partial charge in [-0.2, -0.15) is 5.10 Å². The molecule has 0 aromatic carbocycles. The zero-order valence-electron chi connectivity index (χ0n) is 13.0. The lowest BCUT2D eigenvalue weighted by Crippen LogP contribution is -2.41. The minimum Gasteiger partial charge on any atom is -0.393 e. The average Bonchev–Trinajstić information content (AvgIpc) is 2.63. The molecule has 2 amide bonds. The van der Waals surface area contributed by atoms with Crippen LogP contribution in [0.1, 0.15) is 38.4 Å². The molecular weight excluding hydrogens is 256 g/mol. The summed E-state index contributed by atoms with van der Waals surface area (Å²) < 4.78 is 1.78. The largest absolute Gasteiger partial charge is 0.393 e. The summed E-state index contributed by atoms with van der Waals surface area (Å²) in [5.41, 5.74) is 1.92. The number of hydrogen-bond acceptors (Lipinski definition) is 3. The molecule has 1 atom stereocenters. The van der Waals surface area contributed by atoms with Crippen molar-refractivity contribution in [1.82, 2.24) is 20.4 Å². The number of nitrogens with one attached hydrogen (secondary N) is 2. The fourth-order valence-corrected chi connectivity index (χ4v) is 2.15. The maximum Gasteiger partial charge on any atom is 0.315 e. The van der Waals surface area contributed by atoms with Crippen LogP contribution in [0, 0.1) is 12.3 Å². The van der Waals surface area contributed by atoms with E-state index in [0.29, 0.717) is 19.5 Å². The molecule has 0 saturated carbocycles. The molecule has 114 valence electrons. The molecular formula is C14H26N4O2. The summed E-state index contributed by atoms with van der Waals surface area (Å²) in [5, 5.41) is 19.2. The molecule has 20 heavy (non-hydrogen) atoms. The van der Waals surface area contributed by atoms with E-state index in [1.807, 2.05) is 27.8 Å². The third kappa shape index (κ3) is 5.21. The predicted octanol–water partition coefficient (Wildman–Crippen LogP) is 1.32. The molecule has 3 N–H and O–H groups in total. The minimum atomic E-state index is -0.368. The Morgan fingerprint density at radius 1 is 1.50 bits per heavy atom. The van der Waals surface area contributed by atoms with Gasteiger partial charge in [0.05, 0.1) is 12.3 Å². The Morgan fingerprint density at radius 3 is 2.65 bits per heavy atom. The van der Waals surface area contributed by atoms with Gasteiger partial charge in [-0.05, 0) is 25.7 Å². The van der Waals surface area contributed by atoms with Gasteiger partial charge in [0.25, 0.3) is 0 Å². The lowest BCUT2D eigenvalue weighted by atomic mass is 9.87. The number of nitrogens with zero attached hydrogens (tertiary/aromatic N) is 2. The molecule has 0 bridgehead atoms. The van der Waals surface area contributed by atoms with Crippen LogP contribution >= 0.6 is 0 Å². The van der Waals surface area contributed by atoms with E-state index in [9.17, 15) is 9.90 Å². The highest BCUT2D eigenvalue weighted by Crippen LogP contribution is 2.20. The molecule has 0 radical (unpaired) electrons. The topological polar surface area (TPSA) is 79.2 Å². The van der Waals surface area contributed by atoms with Crippen molar-refractivity contribution in [2.45, 2.75) is 46.8 Å². The van der Waals surface area contributed by atoms with E-state index in [1.165, 1.54) is 0 Å². The van der Waals surface area contributed by atoms with Gasteiger partial charge in [-0.15, -0.1) is 0 Å². The molecule has 1 unspecified atom stereocenters. The average molecular weight is 282 g/mol. The highest BCUT2D eigenvalue weighted by molar-refractivity contribution is 5.73. The Labute approximate surface area is 120 Å². The number of carbonyl (C=O) groups is 1. The van der Waals surface area contributed by atoms with Crippen LogP contribution in [0.3, 0.4) is 0 Å². The number of aromatic nitrogens is 2. The van der Waals surface area contributed by atoms with Gasteiger partial charge in [-0.3, -0.25) is 4.68 Å². The number of rotatable bonds is 6. The zero-order valence-corrected chi connectivity index (χ0v) is 13.0. The molecule has 1 heterocycles. The molecule has 6 nitrogen and oxygen atoms in total. The van der Waals surface area contributed by atoms with Crippen molar-refractivity contribution in [1.29, 1.82) is 0 Å². The highest BCUT2D eigenvalue weighted by Gasteiger charge is 2.21. The van der Waals surface area contributed by atoms with Gasteiger partial charge in [-0.25, -0.2) is 4.79 Å². The van der Waals surface area contributed by atoms with Crippen LogP contribution in [0.25, 0.3) is 0 Å². The summed E-state index contributed by atoms with van der Waals surface area (Å²) in [4.78, 5) is 11.8. The van der Waals surface area contributed by atoms with E-state index in [4.69, 9.17) is 0 Å². The molecule has 1 aromatic rings. The van der Waals surface area contributed by atoms with Crippen molar-refractivity contribution < 1.29 is 9.90 Å². The smallest absolute Gasteiger partial charge is 0.315 e. The molecule has 0 spiro atoms. The SMILES string of the molecule is Cc1c(CNC(=O)NCC(C)(C)CC(C)O)cnn1C. The van der Waals surface area contributed by atoms with Gasteiger partial charge in [0.2, 0.25) is 0 Å². The Morgan fingerprint density at radius 2 is 2.15 bits per heavy atom. The van der Waals surface area contributed by atoms with Crippen molar-refractivity contribution in [3.63, 3.8) is 0 Å². The van der Waals surface area contributed by atoms with Crippen LogP contribution in [-0.2, 0) is 13.6 Å². The van der Waals surface area contributed by atoms with Crippen molar-refractivity contribution in [3.8, 4) is 0 Å². The van der Waals surface area contributed by atoms with Gasteiger partial charge in [0, 0.05) is 31.4 Å². The van der Waals surface area contributed by atoms with Crippen LogP contribution in [-0.4, -0.2) is 33.6 Å². The lowest BCUT2D eigenvalue weighted by Gasteiger charge is -2.26. The number of aliphatic hydroxyl groups is 1. The maximum absolute atomic E-state index is 11.8. The first kappa shape index (κ1) is 16.5. The standard InChI is InChI=1S/C14H26N4O2/c1-10(19)6-14(3,4)9-16-13(20)15-7-12-8-17-18(5)11(12)2/h8,10,19H,6-7,9H2,1-5H3,(H2,15,16,20). The van der Waals surface area contributed by atoms with E-state index in [1.54, 1.807) is 17.8 Å². The number of aliphatic hydroxyl groups excluding tert-OH is 1.